The van der Waals surface area contributed by atoms with Crippen molar-refractivity contribution < 1.29 is 27.5 Å². The Bertz CT molecular complexity index is 443. The van der Waals surface area contributed by atoms with E-state index in [2.05, 4.69) is 14.9 Å². The van der Waals surface area contributed by atoms with Crippen LogP contribution in [0.2, 0.25) is 0 Å². The van der Waals surface area contributed by atoms with Crippen molar-refractivity contribution >= 4 is 17.7 Å². The lowest BCUT2D eigenvalue weighted by Gasteiger charge is -2.04. The highest BCUT2D eigenvalue weighted by Crippen LogP contribution is 2.16. The fourth-order valence-electron chi connectivity index (χ4n) is 0.940. The van der Waals surface area contributed by atoms with E-state index in [1.54, 1.807) is 6.92 Å². The summed E-state index contributed by atoms with van der Waals surface area (Å²) in [6.07, 6.45) is -4.12. The van der Waals surface area contributed by atoms with Crippen molar-refractivity contribution in [2.75, 3.05) is 11.9 Å². The van der Waals surface area contributed by atoms with Gasteiger partial charge in [0.2, 0.25) is 0 Å². The Balaban J connectivity index is 2.59. The molecular weight excluding hydrogens is 257 g/mol. The van der Waals surface area contributed by atoms with E-state index in [1.165, 1.54) is 5.32 Å². The molecule has 0 saturated heterocycles. The molecule has 0 aromatic carbocycles. The first-order valence-electron chi connectivity index (χ1n) is 4.77. The molecule has 0 unspecified atom stereocenters. The van der Waals surface area contributed by atoms with Crippen LogP contribution in [0.4, 0.5) is 19.0 Å². The van der Waals surface area contributed by atoms with Crippen molar-refractivity contribution in [3.63, 3.8) is 0 Å². The molecule has 1 aromatic heterocycles. The molecule has 0 aliphatic rings. The van der Waals surface area contributed by atoms with Gasteiger partial charge in [0.1, 0.15) is 0 Å². The number of halogens is 3. The Morgan fingerprint density at radius 1 is 1.50 bits per heavy atom. The van der Waals surface area contributed by atoms with E-state index < -0.39 is 23.9 Å². The van der Waals surface area contributed by atoms with Gasteiger partial charge in [-0.05, 0) is 6.92 Å². The van der Waals surface area contributed by atoms with Gasteiger partial charge < -0.3 is 4.74 Å². The summed E-state index contributed by atoms with van der Waals surface area (Å²) >= 11 is 0. The van der Waals surface area contributed by atoms with Crippen molar-refractivity contribution in [2.45, 2.75) is 19.6 Å². The summed E-state index contributed by atoms with van der Waals surface area (Å²) in [7, 11) is 0. The fraction of sp³-hybridized carbons (Fsp3) is 0.500. The van der Waals surface area contributed by atoms with Gasteiger partial charge in [-0.25, -0.2) is 4.79 Å². The summed E-state index contributed by atoms with van der Waals surface area (Å²) in [5.74, 6) is -3.20. The predicted octanol–water partition coefficient (Wildman–Crippen LogP) is 0.342. The van der Waals surface area contributed by atoms with Crippen LogP contribution in [-0.2, 0) is 20.9 Å². The molecule has 1 amide bonds. The Morgan fingerprint density at radius 2 is 2.17 bits per heavy atom. The van der Waals surface area contributed by atoms with Crippen LogP contribution >= 0.6 is 0 Å². The molecule has 0 spiro atoms. The summed E-state index contributed by atoms with van der Waals surface area (Å²) in [5, 5.41) is 8.45. The van der Waals surface area contributed by atoms with Gasteiger partial charge in [0.25, 0.3) is 0 Å². The first-order chi connectivity index (χ1) is 8.32. The number of nitrogens with one attached hydrogen (secondary N) is 1. The monoisotopic (exact) mass is 266 g/mol. The zero-order chi connectivity index (χ0) is 13.8. The molecule has 1 heterocycles. The maximum Gasteiger partial charge on any atom is 0.471 e. The molecule has 0 fully saturated rings. The number of aromatic nitrogens is 3. The highest BCUT2D eigenvalue weighted by molar-refractivity contribution is 5.93. The minimum absolute atomic E-state index is 0.164. The van der Waals surface area contributed by atoms with Crippen LogP contribution in [-0.4, -0.2) is 39.7 Å². The molecule has 1 rings (SSSR count). The molecule has 0 aliphatic carbocycles. The lowest BCUT2D eigenvalue weighted by molar-refractivity contribution is -0.167. The van der Waals surface area contributed by atoms with E-state index in [1.807, 2.05) is 0 Å². The number of amides is 1. The van der Waals surface area contributed by atoms with E-state index in [-0.39, 0.29) is 13.2 Å². The number of hydrogen-bond acceptors (Lipinski definition) is 5. The Hall–Kier alpha value is -2.13. The third kappa shape index (κ3) is 4.03. The van der Waals surface area contributed by atoms with Crippen LogP contribution in [0.5, 0.6) is 0 Å². The van der Waals surface area contributed by atoms with Crippen molar-refractivity contribution in [2.24, 2.45) is 0 Å². The molecule has 1 N–H and O–H groups in total. The van der Waals surface area contributed by atoms with E-state index in [9.17, 15) is 22.8 Å². The quantitative estimate of drug-likeness (QED) is 0.794. The second-order valence-electron chi connectivity index (χ2n) is 3.02. The zero-order valence-corrected chi connectivity index (χ0v) is 9.19. The first-order valence-corrected chi connectivity index (χ1v) is 4.77. The maximum atomic E-state index is 11.9. The van der Waals surface area contributed by atoms with Crippen LogP contribution in [0.15, 0.2) is 6.20 Å². The van der Waals surface area contributed by atoms with Crippen molar-refractivity contribution in [1.29, 1.82) is 0 Å². The molecule has 0 saturated carbocycles. The Morgan fingerprint density at radius 3 is 2.72 bits per heavy atom. The minimum atomic E-state index is -5.01. The smallest absolute Gasteiger partial charge is 0.465 e. The minimum Gasteiger partial charge on any atom is -0.465 e. The zero-order valence-electron chi connectivity index (χ0n) is 9.19. The van der Waals surface area contributed by atoms with Crippen LogP contribution in [0.25, 0.3) is 0 Å². The number of hydrogen-bond donors (Lipinski definition) is 1. The fourth-order valence-corrected chi connectivity index (χ4v) is 0.940. The Kier molecular flexibility index (Phi) is 4.23. The van der Waals surface area contributed by atoms with Gasteiger partial charge in [-0.1, -0.05) is 0 Å². The molecule has 10 heteroatoms. The Labute approximate surface area is 98.9 Å². The molecule has 0 aliphatic heterocycles. The lowest BCUT2D eigenvalue weighted by atomic mass is 10.5. The third-order valence-electron chi connectivity index (χ3n) is 1.61. The number of rotatable bonds is 4. The van der Waals surface area contributed by atoms with Crippen molar-refractivity contribution in [1.82, 2.24) is 15.0 Å². The highest BCUT2D eigenvalue weighted by Gasteiger charge is 2.39. The van der Waals surface area contributed by atoms with E-state index in [0.717, 1.165) is 11.0 Å². The van der Waals surface area contributed by atoms with Crippen LogP contribution in [0.3, 0.4) is 0 Å². The number of alkyl halides is 3. The largest absolute Gasteiger partial charge is 0.471 e. The first kappa shape index (κ1) is 13.9. The maximum absolute atomic E-state index is 11.9. The highest BCUT2D eigenvalue weighted by atomic mass is 19.4. The second kappa shape index (κ2) is 5.47. The molecule has 1 aromatic rings. The van der Waals surface area contributed by atoms with Gasteiger partial charge >= 0.3 is 18.1 Å². The number of nitrogens with zero attached hydrogens (tertiary/aromatic N) is 3. The van der Waals surface area contributed by atoms with Gasteiger partial charge in [-0.2, -0.15) is 23.1 Å². The molecular formula is C8H9F3N4O3. The number of esters is 1. The van der Waals surface area contributed by atoms with Crippen molar-refractivity contribution in [3.05, 3.63) is 6.20 Å². The molecule has 0 atom stereocenters. The van der Waals surface area contributed by atoms with Gasteiger partial charge in [0, 0.05) is 0 Å². The molecule has 18 heavy (non-hydrogen) atoms. The van der Waals surface area contributed by atoms with Crippen LogP contribution in [0.1, 0.15) is 6.92 Å². The normalized spacial score (nSPS) is 11.1. The second-order valence-corrected chi connectivity index (χ2v) is 3.02. The summed E-state index contributed by atoms with van der Waals surface area (Å²) < 4.78 is 40.3. The summed E-state index contributed by atoms with van der Waals surface area (Å²) in [5.41, 5.74) is 0. The number of carbonyl (C=O) groups excluding carboxylic acids is 2. The average Bonchev–Trinajstić information content (AvgIpc) is 2.64. The van der Waals surface area contributed by atoms with E-state index >= 15 is 0 Å². The summed E-state index contributed by atoms with van der Waals surface area (Å²) in [6, 6.07) is 0. The summed E-state index contributed by atoms with van der Waals surface area (Å²) in [4.78, 5) is 22.4. The number of ether oxygens (including phenoxy) is 1. The van der Waals surface area contributed by atoms with Gasteiger partial charge in [0.05, 0.1) is 12.8 Å². The SMILES string of the molecule is CCOC(=O)Cn1ncc(NC(=O)C(F)(F)F)n1. The topological polar surface area (TPSA) is 86.1 Å². The average molecular weight is 266 g/mol. The molecule has 0 bridgehead atoms. The van der Waals surface area contributed by atoms with Gasteiger partial charge in [0.15, 0.2) is 12.4 Å². The van der Waals surface area contributed by atoms with Gasteiger partial charge in [-0.15, -0.1) is 5.10 Å². The van der Waals surface area contributed by atoms with Crippen LogP contribution in [0, 0.1) is 0 Å². The molecule has 100 valence electrons. The van der Waals surface area contributed by atoms with E-state index in [4.69, 9.17) is 0 Å². The summed E-state index contributed by atoms with van der Waals surface area (Å²) in [6.45, 7) is 1.41. The van der Waals surface area contributed by atoms with Gasteiger partial charge in [-0.3, -0.25) is 10.1 Å². The predicted molar refractivity (Wildman–Crippen MR) is 51.3 cm³/mol. The molecule has 0 radical (unpaired) electrons. The van der Waals surface area contributed by atoms with E-state index in [0.29, 0.717) is 0 Å². The molecule has 7 nitrogen and oxygen atoms in total. The number of carbonyl (C=O) groups is 2. The van der Waals surface area contributed by atoms with Crippen molar-refractivity contribution in [3.8, 4) is 0 Å². The lowest BCUT2D eigenvalue weighted by Crippen LogP contribution is -2.30. The third-order valence-corrected chi connectivity index (χ3v) is 1.61. The standard InChI is InChI=1S/C8H9F3N4O3/c1-2-18-6(16)4-15-12-3-5(14-15)13-7(17)8(9,10)11/h3H,2,4H2,1H3,(H,13,14,17). The van der Waals surface area contributed by atoms with Crippen LogP contribution < -0.4 is 5.32 Å². The number of anilines is 1.